The standard InChI is InChI=1S/C14H18INO2/c15-12-6-5-11(9-13(12)17)14(18)16-8-7-10-3-1-2-4-10/h5-6,9-10,17H,1-4,7-8H2,(H,16,18). The Morgan fingerprint density at radius 2 is 2.11 bits per heavy atom. The Labute approximate surface area is 121 Å². The highest BCUT2D eigenvalue weighted by atomic mass is 127. The van der Waals surface area contributed by atoms with Crippen molar-refractivity contribution in [3.63, 3.8) is 0 Å². The first-order valence-electron chi connectivity index (χ1n) is 6.43. The molecule has 98 valence electrons. The molecule has 1 saturated carbocycles. The third-order valence-corrected chi connectivity index (χ3v) is 4.43. The average molecular weight is 359 g/mol. The molecule has 4 heteroatoms. The maximum atomic E-state index is 11.9. The molecule has 18 heavy (non-hydrogen) atoms. The normalized spacial score (nSPS) is 15.8. The second-order valence-corrected chi connectivity index (χ2v) is 6.02. The molecule has 1 fully saturated rings. The predicted molar refractivity (Wildman–Crippen MR) is 79.7 cm³/mol. The van der Waals surface area contributed by atoms with E-state index in [0.717, 1.165) is 22.5 Å². The highest BCUT2D eigenvalue weighted by molar-refractivity contribution is 14.1. The van der Waals surface area contributed by atoms with E-state index in [0.29, 0.717) is 5.56 Å². The topological polar surface area (TPSA) is 49.3 Å². The lowest BCUT2D eigenvalue weighted by Crippen LogP contribution is -2.25. The summed E-state index contributed by atoms with van der Waals surface area (Å²) in [6.45, 7) is 0.732. The van der Waals surface area contributed by atoms with E-state index in [-0.39, 0.29) is 11.7 Å². The molecule has 1 aromatic rings. The molecule has 3 nitrogen and oxygen atoms in total. The van der Waals surface area contributed by atoms with Crippen molar-refractivity contribution in [1.82, 2.24) is 5.32 Å². The molecule has 0 radical (unpaired) electrons. The van der Waals surface area contributed by atoms with Crippen molar-refractivity contribution in [3.05, 3.63) is 27.3 Å². The highest BCUT2D eigenvalue weighted by Crippen LogP contribution is 2.27. The van der Waals surface area contributed by atoms with Crippen LogP contribution in [0.25, 0.3) is 0 Å². The zero-order valence-electron chi connectivity index (χ0n) is 10.3. The number of carbonyl (C=O) groups excluding carboxylic acids is 1. The van der Waals surface area contributed by atoms with Crippen molar-refractivity contribution in [2.24, 2.45) is 5.92 Å². The van der Waals surface area contributed by atoms with Crippen molar-refractivity contribution < 1.29 is 9.90 Å². The van der Waals surface area contributed by atoms with Crippen LogP contribution in [-0.4, -0.2) is 17.6 Å². The Morgan fingerprint density at radius 1 is 1.39 bits per heavy atom. The van der Waals surface area contributed by atoms with Crippen molar-refractivity contribution in [3.8, 4) is 5.75 Å². The summed E-state index contributed by atoms with van der Waals surface area (Å²) in [5.41, 5.74) is 0.527. The summed E-state index contributed by atoms with van der Waals surface area (Å²) < 4.78 is 0.759. The zero-order chi connectivity index (χ0) is 13.0. The van der Waals surface area contributed by atoms with Crippen LogP contribution in [0, 0.1) is 9.49 Å². The summed E-state index contributed by atoms with van der Waals surface area (Å²) in [4.78, 5) is 11.9. The number of aromatic hydroxyl groups is 1. The maximum Gasteiger partial charge on any atom is 0.251 e. The van der Waals surface area contributed by atoms with Gasteiger partial charge in [0.15, 0.2) is 0 Å². The zero-order valence-corrected chi connectivity index (χ0v) is 12.4. The first kappa shape index (κ1) is 13.6. The van der Waals surface area contributed by atoms with Crippen molar-refractivity contribution >= 4 is 28.5 Å². The molecule has 0 atom stereocenters. The molecule has 1 amide bonds. The fourth-order valence-electron chi connectivity index (χ4n) is 2.44. The van der Waals surface area contributed by atoms with Gasteiger partial charge in [0, 0.05) is 12.1 Å². The third kappa shape index (κ3) is 3.60. The molecular weight excluding hydrogens is 341 g/mol. The Kier molecular flexibility index (Phi) is 4.86. The molecule has 0 saturated heterocycles. The van der Waals surface area contributed by atoms with Crippen LogP contribution in [0.2, 0.25) is 0 Å². The van der Waals surface area contributed by atoms with Crippen LogP contribution < -0.4 is 5.32 Å². The maximum absolute atomic E-state index is 11.9. The van der Waals surface area contributed by atoms with E-state index in [1.165, 1.54) is 31.7 Å². The fourth-order valence-corrected chi connectivity index (χ4v) is 2.78. The Hall–Kier alpha value is -0.780. The number of phenolic OH excluding ortho intramolecular Hbond substituents is 1. The van der Waals surface area contributed by atoms with E-state index >= 15 is 0 Å². The summed E-state index contributed by atoms with van der Waals surface area (Å²) in [5.74, 6) is 0.856. The van der Waals surface area contributed by atoms with Crippen LogP contribution in [0.3, 0.4) is 0 Å². The fraction of sp³-hybridized carbons (Fsp3) is 0.500. The van der Waals surface area contributed by atoms with Crippen molar-refractivity contribution in [1.29, 1.82) is 0 Å². The van der Waals surface area contributed by atoms with Gasteiger partial charge >= 0.3 is 0 Å². The van der Waals surface area contributed by atoms with E-state index in [9.17, 15) is 9.90 Å². The Balaban J connectivity index is 1.81. The van der Waals surface area contributed by atoms with Gasteiger partial charge in [0.2, 0.25) is 0 Å². The summed E-state index contributed by atoms with van der Waals surface area (Å²) in [7, 11) is 0. The van der Waals surface area contributed by atoms with Crippen molar-refractivity contribution in [2.75, 3.05) is 6.54 Å². The quantitative estimate of drug-likeness (QED) is 0.811. The lowest BCUT2D eigenvalue weighted by molar-refractivity contribution is 0.0951. The van der Waals surface area contributed by atoms with Crippen LogP contribution in [0.4, 0.5) is 0 Å². The third-order valence-electron chi connectivity index (χ3n) is 3.52. The van der Waals surface area contributed by atoms with Gasteiger partial charge in [-0.3, -0.25) is 4.79 Å². The number of nitrogens with one attached hydrogen (secondary N) is 1. The van der Waals surface area contributed by atoms with Gasteiger partial charge in [0.1, 0.15) is 5.75 Å². The molecule has 0 aromatic heterocycles. The number of halogens is 1. The number of carbonyl (C=O) groups is 1. The van der Waals surface area contributed by atoms with Gasteiger partial charge < -0.3 is 10.4 Å². The van der Waals surface area contributed by atoms with Gasteiger partial charge in [0.25, 0.3) is 5.91 Å². The van der Waals surface area contributed by atoms with Gasteiger partial charge in [-0.25, -0.2) is 0 Å². The number of hydrogen-bond donors (Lipinski definition) is 2. The van der Waals surface area contributed by atoms with E-state index in [1.807, 2.05) is 22.6 Å². The van der Waals surface area contributed by atoms with Gasteiger partial charge in [-0.15, -0.1) is 0 Å². The minimum atomic E-state index is -0.0975. The largest absolute Gasteiger partial charge is 0.507 e. The molecule has 2 rings (SSSR count). The van der Waals surface area contributed by atoms with Gasteiger partial charge in [-0.05, 0) is 53.1 Å². The minimum Gasteiger partial charge on any atom is -0.507 e. The van der Waals surface area contributed by atoms with Gasteiger partial charge in [-0.1, -0.05) is 25.7 Å². The van der Waals surface area contributed by atoms with Crippen LogP contribution in [0.15, 0.2) is 18.2 Å². The lowest BCUT2D eigenvalue weighted by Gasteiger charge is -2.10. The monoisotopic (exact) mass is 359 g/mol. The van der Waals surface area contributed by atoms with E-state index in [4.69, 9.17) is 0 Å². The first-order chi connectivity index (χ1) is 8.66. The Bertz CT molecular complexity index is 428. The summed E-state index contributed by atoms with van der Waals surface area (Å²) in [6.07, 6.45) is 6.36. The number of amides is 1. The SMILES string of the molecule is O=C(NCCC1CCCC1)c1ccc(I)c(O)c1. The molecule has 2 N–H and O–H groups in total. The van der Waals surface area contributed by atoms with E-state index < -0.39 is 0 Å². The lowest BCUT2D eigenvalue weighted by atomic mass is 10.0. The molecule has 0 bridgehead atoms. The molecule has 0 spiro atoms. The molecule has 1 aliphatic carbocycles. The van der Waals surface area contributed by atoms with E-state index in [2.05, 4.69) is 5.32 Å². The van der Waals surface area contributed by atoms with Crippen LogP contribution >= 0.6 is 22.6 Å². The van der Waals surface area contributed by atoms with E-state index in [1.54, 1.807) is 12.1 Å². The predicted octanol–water partition coefficient (Wildman–Crippen LogP) is 3.31. The minimum absolute atomic E-state index is 0.0975. The number of benzene rings is 1. The number of phenols is 1. The number of hydrogen-bond acceptors (Lipinski definition) is 2. The van der Waals surface area contributed by atoms with Crippen molar-refractivity contribution in [2.45, 2.75) is 32.1 Å². The molecule has 1 aliphatic rings. The second kappa shape index (κ2) is 6.41. The summed E-state index contributed by atoms with van der Waals surface area (Å²) >= 11 is 2.04. The molecule has 0 heterocycles. The molecule has 1 aromatic carbocycles. The number of rotatable bonds is 4. The molecule has 0 unspecified atom stereocenters. The molecular formula is C14H18INO2. The van der Waals surface area contributed by atoms with Crippen LogP contribution in [0.5, 0.6) is 5.75 Å². The molecule has 0 aliphatic heterocycles. The summed E-state index contributed by atoms with van der Waals surface area (Å²) in [5, 5.41) is 12.5. The second-order valence-electron chi connectivity index (χ2n) is 4.86. The highest BCUT2D eigenvalue weighted by Gasteiger charge is 2.15. The first-order valence-corrected chi connectivity index (χ1v) is 7.51. The average Bonchev–Trinajstić information content (AvgIpc) is 2.85. The van der Waals surface area contributed by atoms with Gasteiger partial charge in [-0.2, -0.15) is 0 Å². The Morgan fingerprint density at radius 3 is 2.78 bits per heavy atom. The van der Waals surface area contributed by atoms with Gasteiger partial charge in [0.05, 0.1) is 3.57 Å². The van der Waals surface area contributed by atoms with Crippen LogP contribution in [0.1, 0.15) is 42.5 Å². The van der Waals surface area contributed by atoms with Crippen LogP contribution in [-0.2, 0) is 0 Å². The smallest absolute Gasteiger partial charge is 0.251 e. The summed E-state index contributed by atoms with van der Waals surface area (Å²) in [6, 6.07) is 5.01.